The van der Waals surface area contributed by atoms with Crippen LogP contribution in [0.15, 0.2) is 54.6 Å². The van der Waals surface area contributed by atoms with E-state index in [0.29, 0.717) is 11.5 Å². The van der Waals surface area contributed by atoms with E-state index >= 15 is 0 Å². The third-order valence-electron chi connectivity index (χ3n) is 3.52. The van der Waals surface area contributed by atoms with Crippen LogP contribution in [0.5, 0.6) is 11.5 Å². The number of nitrogens with one attached hydrogen (secondary N) is 1. The average molecular weight is 355 g/mol. The molecular formula is C20H21NO5. The van der Waals surface area contributed by atoms with Gasteiger partial charge in [0, 0.05) is 18.2 Å². The Balaban J connectivity index is 1.81. The molecule has 136 valence electrons. The number of benzene rings is 2. The Morgan fingerprint density at radius 3 is 2.46 bits per heavy atom. The molecule has 0 atom stereocenters. The fraction of sp³-hybridized carbons (Fsp3) is 0.200. The largest absolute Gasteiger partial charge is 0.493 e. The zero-order chi connectivity index (χ0) is 18.8. The first-order valence-electron chi connectivity index (χ1n) is 8.00. The number of hydrogen-bond acceptors (Lipinski definition) is 5. The van der Waals surface area contributed by atoms with Crippen molar-refractivity contribution in [1.82, 2.24) is 5.32 Å². The van der Waals surface area contributed by atoms with Crippen molar-refractivity contribution in [3.05, 3.63) is 65.7 Å². The van der Waals surface area contributed by atoms with Gasteiger partial charge in [-0.15, -0.1) is 0 Å². The number of hydrogen-bond donors (Lipinski definition) is 1. The van der Waals surface area contributed by atoms with E-state index in [2.05, 4.69) is 5.32 Å². The molecule has 0 spiro atoms. The van der Waals surface area contributed by atoms with Crippen LogP contribution in [-0.4, -0.2) is 32.7 Å². The van der Waals surface area contributed by atoms with E-state index in [-0.39, 0.29) is 13.2 Å². The van der Waals surface area contributed by atoms with Crippen molar-refractivity contribution in [3.8, 4) is 11.5 Å². The van der Waals surface area contributed by atoms with Crippen molar-refractivity contribution in [3.63, 3.8) is 0 Å². The molecule has 2 aromatic carbocycles. The van der Waals surface area contributed by atoms with Crippen molar-refractivity contribution in [2.75, 3.05) is 20.8 Å². The number of carbonyl (C=O) groups excluding carboxylic acids is 2. The van der Waals surface area contributed by atoms with E-state index < -0.39 is 11.9 Å². The molecule has 0 unspecified atom stereocenters. The van der Waals surface area contributed by atoms with E-state index in [1.54, 1.807) is 25.3 Å². The number of methoxy groups -OCH3 is 2. The first kappa shape index (κ1) is 19.1. The first-order valence-corrected chi connectivity index (χ1v) is 8.00. The van der Waals surface area contributed by atoms with E-state index in [9.17, 15) is 9.59 Å². The van der Waals surface area contributed by atoms with Crippen molar-refractivity contribution >= 4 is 18.0 Å². The third-order valence-corrected chi connectivity index (χ3v) is 3.52. The highest BCUT2D eigenvalue weighted by Gasteiger charge is 2.11. The smallest absolute Gasteiger partial charge is 0.331 e. The molecule has 1 amide bonds. The Hall–Kier alpha value is -3.28. The molecule has 26 heavy (non-hydrogen) atoms. The Kier molecular flexibility index (Phi) is 7.24. The zero-order valence-electron chi connectivity index (χ0n) is 14.7. The standard InChI is InChI=1S/C20H21NO5/c1-24-17-10-6-9-16(20(17)25-2)13-21-18(22)14-26-19(23)12-11-15-7-4-3-5-8-15/h3-12H,13-14H2,1-2H3,(H,21,22)/b12-11+. The molecule has 0 aliphatic heterocycles. The van der Waals surface area contributed by atoms with Gasteiger partial charge in [0.2, 0.25) is 0 Å². The van der Waals surface area contributed by atoms with E-state index in [4.69, 9.17) is 14.2 Å². The summed E-state index contributed by atoms with van der Waals surface area (Å²) in [6.45, 7) is -0.124. The van der Waals surface area contributed by atoms with Gasteiger partial charge in [-0.3, -0.25) is 4.79 Å². The quantitative estimate of drug-likeness (QED) is 0.582. The summed E-state index contributed by atoms with van der Waals surface area (Å²) < 4.78 is 15.4. The van der Waals surface area contributed by atoms with Crippen molar-refractivity contribution in [1.29, 1.82) is 0 Å². The summed E-state index contributed by atoms with van der Waals surface area (Å²) in [6, 6.07) is 14.7. The van der Waals surface area contributed by atoms with Gasteiger partial charge in [-0.1, -0.05) is 42.5 Å². The third kappa shape index (κ3) is 5.66. The molecule has 0 aliphatic rings. The number of amides is 1. The number of rotatable bonds is 8. The lowest BCUT2D eigenvalue weighted by Gasteiger charge is -2.13. The minimum absolute atomic E-state index is 0.233. The van der Waals surface area contributed by atoms with Gasteiger partial charge < -0.3 is 19.5 Å². The average Bonchev–Trinajstić information content (AvgIpc) is 2.69. The normalized spacial score (nSPS) is 10.4. The number of carbonyl (C=O) groups is 2. The maximum atomic E-state index is 11.9. The lowest BCUT2D eigenvalue weighted by Crippen LogP contribution is -2.28. The molecule has 6 heteroatoms. The van der Waals surface area contributed by atoms with Gasteiger partial charge in [0.15, 0.2) is 18.1 Å². The highest BCUT2D eigenvalue weighted by atomic mass is 16.5. The summed E-state index contributed by atoms with van der Waals surface area (Å²) in [5, 5.41) is 2.68. The summed E-state index contributed by atoms with van der Waals surface area (Å²) in [5.74, 6) is 0.147. The molecule has 2 aromatic rings. The Morgan fingerprint density at radius 2 is 1.77 bits per heavy atom. The van der Waals surface area contributed by atoms with Crippen LogP contribution in [0.2, 0.25) is 0 Å². The van der Waals surface area contributed by atoms with Crippen LogP contribution < -0.4 is 14.8 Å². The molecule has 0 heterocycles. The summed E-state index contributed by atoms with van der Waals surface area (Å²) in [7, 11) is 3.08. The molecule has 0 fully saturated rings. The lowest BCUT2D eigenvalue weighted by atomic mass is 10.2. The van der Waals surface area contributed by atoms with Crippen molar-refractivity contribution < 1.29 is 23.8 Å². The monoisotopic (exact) mass is 355 g/mol. The van der Waals surface area contributed by atoms with E-state index in [1.165, 1.54) is 13.2 Å². The summed E-state index contributed by atoms with van der Waals surface area (Å²) in [5.41, 5.74) is 1.63. The summed E-state index contributed by atoms with van der Waals surface area (Å²) in [6.07, 6.45) is 2.91. The molecular weight excluding hydrogens is 334 g/mol. The first-order chi connectivity index (χ1) is 12.6. The SMILES string of the molecule is COc1cccc(CNC(=O)COC(=O)/C=C/c2ccccc2)c1OC. The van der Waals surface area contributed by atoms with Crippen LogP contribution >= 0.6 is 0 Å². The van der Waals surface area contributed by atoms with E-state index in [0.717, 1.165) is 11.1 Å². The highest BCUT2D eigenvalue weighted by molar-refractivity contribution is 5.89. The van der Waals surface area contributed by atoms with Gasteiger partial charge in [0.25, 0.3) is 5.91 Å². The topological polar surface area (TPSA) is 73.9 Å². The predicted molar refractivity (Wildman–Crippen MR) is 97.8 cm³/mol. The summed E-state index contributed by atoms with van der Waals surface area (Å²) in [4.78, 5) is 23.5. The number of para-hydroxylation sites is 1. The maximum Gasteiger partial charge on any atom is 0.331 e. The Bertz CT molecular complexity index is 771. The molecule has 0 aliphatic carbocycles. The minimum atomic E-state index is -0.581. The number of ether oxygens (including phenoxy) is 3. The second-order valence-corrected chi connectivity index (χ2v) is 5.28. The van der Waals surface area contributed by atoms with Crippen LogP contribution in [0.1, 0.15) is 11.1 Å². The van der Waals surface area contributed by atoms with Gasteiger partial charge in [0.05, 0.1) is 14.2 Å². The molecule has 0 bridgehead atoms. The van der Waals surface area contributed by atoms with Gasteiger partial charge >= 0.3 is 5.97 Å². The zero-order valence-corrected chi connectivity index (χ0v) is 14.7. The van der Waals surface area contributed by atoms with E-state index in [1.807, 2.05) is 36.4 Å². The fourth-order valence-corrected chi connectivity index (χ4v) is 2.25. The Morgan fingerprint density at radius 1 is 1.00 bits per heavy atom. The van der Waals surface area contributed by atoms with Gasteiger partial charge in [0.1, 0.15) is 0 Å². The van der Waals surface area contributed by atoms with Crippen LogP contribution in [0, 0.1) is 0 Å². The van der Waals surface area contributed by atoms with Gasteiger partial charge in [-0.25, -0.2) is 4.79 Å². The summed E-state index contributed by atoms with van der Waals surface area (Å²) >= 11 is 0. The molecule has 0 saturated heterocycles. The fourth-order valence-electron chi connectivity index (χ4n) is 2.25. The maximum absolute atomic E-state index is 11.9. The second-order valence-electron chi connectivity index (χ2n) is 5.28. The van der Waals surface area contributed by atoms with Crippen LogP contribution in [-0.2, 0) is 20.9 Å². The molecule has 1 N–H and O–H groups in total. The Labute approximate surface area is 152 Å². The van der Waals surface area contributed by atoms with Crippen LogP contribution in [0.25, 0.3) is 6.08 Å². The lowest BCUT2D eigenvalue weighted by molar-refractivity contribution is -0.143. The van der Waals surface area contributed by atoms with Crippen LogP contribution in [0.4, 0.5) is 0 Å². The highest BCUT2D eigenvalue weighted by Crippen LogP contribution is 2.30. The van der Waals surface area contributed by atoms with Crippen LogP contribution in [0.3, 0.4) is 0 Å². The predicted octanol–water partition coefficient (Wildman–Crippen LogP) is 2.58. The molecule has 6 nitrogen and oxygen atoms in total. The van der Waals surface area contributed by atoms with Gasteiger partial charge in [-0.05, 0) is 17.7 Å². The minimum Gasteiger partial charge on any atom is -0.493 e. The molecule has 0 aromatic heterocycles. The molecule has 0 radical (unpaired) electrons. The second kappa shape index (κ2) is 9.88. The molecule has 2 rings (SSSR count). The van der Waals surface area contributed by atoms with Crippen molar-refractivity contribution in [2.45, 2.75) is 6.54 Å². The van der Waals surface area contributed by atoms with Gasteiger partial charge in [-0.2, -0.15) is 0 Å². The number of esters is 1. The molecule has 0 saturated carbocycles. The van der Waals surface area contributed by atoms with Crippen molar-refractivity contribution in [2.24, 2.45) is 0 Å².